The summed E-state index contributed by atoms with van der Waals surface area (Å²) >= 11 is 0. The fourth-order valence-corrected chi connectivity index (χ4v) is 9.21. The van der Waals surface area contributed by atoms with E-state index in [2.05, 4.69) is 230 Å². The molecule has 11 aromatic rings. The van der Waals surface area contributed by atoms with Crippen LogP contribution in [0.4, 0.5) is 0 Å². The third-order valence-corrected chi connectivity index (χ3v) is 12.3. The molecule has 0 atom stereocenters. The van der Waals surface area contributed by atoms with Crippen molar-refractivity contribution < 1.29 is 0 Å². The molecule has 2 aromatic heterocycles. The van der Waals surface area contributed by atoms with Gasteiger partial charge in [-0.2, -0.15) is 0 Å². The smallest absolute Gasteiger partial charge is 0.160 e. The van der Waals surface area contributed by atoms with Gasteiger partial charge in [-0.15, -0.1) is 0 Å². The van der Waals surface area contributed by atoms with Crippen molar-refractivity contribution in [1.29, 1.82) is 0 Å². The van der Waals surface area contributed by atoms with Crippen molar-refractivity contribution in [3.8, 4) is 73.0 Å². The van der Waals surface area contributed by atoms with Crippen LogP contribution in [0.25, 0.3) is 112 Å². The van der Waals surface area contributed by atoms with Gasteiger partial charge in [0.25, 0.3) is 0 Å². The van der Waals surface area contributed by atoms with Crippen LogP contribution in [0.2, 0.25) is 0 Å². The van der Waals surface area contributed by atoms with Gasteiger partial charge in [0.2, 0.25) is 0 Å². The van der Waals surface area contributed by atoms with E-state index < -0.39 is 0 Å². The van der Waals surface area contributed by atoms with E-state index in [4.69, 9.17) is 9.97 Å². The predicted octanol–water partition coefficient (Wildman–Crippen LogP) is 16.2. The molecule has 0 spiro atoms. The lowest BCUT2D eigenvalue weighted by molar-refractivity contribution is 1.16. The molecular weight excluding hydrogens is 775 g/mol. The van der Waals surface area contributed by atoms with Crippen molar-refractivity contribution >= 4 is 38.7 Å². The normalized spacial score (nSPS) is 11.5. The van der Waals surface area contributed by atoms with E-state index >= 15 is 0 Å². The summed E-state index contributed by atoms with van der Waals surface area (Å²) in [6.45, 7) is 6.23. The molecule has 64 heavy (non-hydrogen) atoms. The average molecular weight is 818 g/mol. The molecule has 0 aliphatic heterocycles. The molecule has 0 fully saturated rings. The van der Waals surface area contributed by atoms with Gasteiger partial charge in [-0.3, -0.25) is 0 Å². The quantitative estimate of drug-likeness (QED) is 0.136. The van der Waals surface area contributed by atoms with Crippen molar-refractivity contribution in [2.45, 2.75) is 6.92 Å². The molecule has 2 heterocycles. The molecular formula is C61H43N3. The lowest BCUT2D eigenvalue weighted by Gasteiger charge is -2.18. The maximum Gasteiger partial charge on any atom is 0.160 e. The molecule has 0 amide bonds. The summed E-state index contributed by atoms with van der Waals surface area (Å²) in [5.41, 5.74) is 17.2. The van der Waals surface area contributed by atoms with Crippen LogP contribution < -0.4 is 0 Å². The fraction of sp³-hybridized carbons (Fsp3) is 0.0164. The van der Waals surface area contributed by atoms with E-state index in [0.717, 1.165) is 67.1 Å². The lowest BCUT2D eigenvalue weighted by atomic mass is 9.90. The topological polar surface area (TPSA) is 30.7 Å². The van der Waals surface area contributed by atoms with E-state index in [-0.39, 0.29) is 0 Å². The number of allylic oxidation sites excluding steroid dienone is 2. The second kappa shape index (κ2) is 16.5. The van der Waals surface area contributed by atoms with Crippen LogP contribution in [0.3, 0.4) is 0 Å². The maximum absolute atomic E-state index is 5.46. The molecule has 0 aliphatic carbocycles. The predicted molar refractivity (Wildman–Crippen MR) is 270 cm³/mol. The van der Waals surface area contributed by atoms with Gasteiger partial charge in [0.15, 0.2) is 5.82 Å². The van der Waals surface area contributed by atoms with Gasteiger partial charge in [0, 0.05) is 33.2 Å². The van der Waals surface area contributed by atoms with E-state index in [1.807, 2.05) is 18.2 Å². The van der Waals surface area contributed by atoms with Crippen molar-refractivity contribution in [2.24, 2.45) is 0 Å². The highest BCUT2D eigenvalue weighted by Crippen LogP contribution is 2.41. The number of benzene rings is 9. The number of nitrogens with zero attached hydrogens (tertiary/aromatic N) is 3. The summed E-state index contributed by atoms with van der Waals surface area (Å²) in [4.78, 5) is 10.9. The monoisotopic (exact) mass is 817 g/mol. The van der Waals surface area contributed by atoms with Crippen LogP contribution in [0, 0.1) is 6.92 Å². The Labute approximate surface area is 373 Å². The molecule has 9 aromatic carbocycles. The van der Waals surface area contributed by atoms with Crippen LogP contribution in [-0.4, -0.2) is 14.5 Å². The maximum atomic E-state index is 5.46. The first kappa shape index (κ1) is 38.5. The van der Waals surface area contributed by atoms with E-state index in [1.165, 1.54) is 43.8 Å². The lowest BCUT2D eigenvalue weighted by Crippen LogP contribution is -2.00. The molecule has 0 unspecified atom stereocenters. The molecule has 0 N–H and O–H groups in total. The first-order valence-electron chi connectivity index (χ1n) is 21.8. The van der Waals surface area contributed by atoms with Gasteiger partial charge in [-0.05, 0) is 111 Å². The number of hydrogen-bond donors (Lipinski definition) is 0. The molecule has 0 radical (unpaired) electrons. The summed E-state index contributed by atoms with van der Waals surface area (Å²) in [6.07, 6.45) is 6.05. The van der Waals surface area contributed by atoms with Crippen LogP contribution in [0.1, 0.15) is 11.1 Å². The van der Waals surface area contributed by atoms with Crippen molar-refractivity contribution in [3.05, 3.63) is 242 Å². The number of para-hydroxylation sites is 1. The summed E-state index contributed by atoms with van der Waals surface area (Å²) in [5.74, 6) is 0.653. The third-order valence-electron chi connectivity index (χ3n) is 12.3. The van der Waals surface area contributed by atoms with E-state index in [9.17, 15) is 0 Å². The van der Waals surface area contributed by atoms with Crippen LogP contribution in [-0.2, 0) is 0 Å². The first-order valence-corrected chi connectivity index (χ1v) is 21.8. The zero-order valence-electron chi connectivity index (χ0n) is 35.5. The van der Waals surface area contributed by atoms with Gasteiger partial charge >= 0.3 is 0 Å². The summed E-state index contributed by atoms with van der Waals surface area (Å²) in [5, 5.41) is 4.77. The Hall–Kier alpha value is -8.40. The minimum Gasteiger partial charge on any atom is -0.309 e. The molecule has 0 saturated heterocycles. The van der Waals surface area contributed by atoms with Crippen LogP contribution in [0.5, 0.6) is 0 Å². The molecule has 0 saturated carbocycles. The molecule has 0 aliphatic rings. The largest absolute Gasteiger partial charge is 0.309 e. The Morgan fingerprint density at radius 3 is 1.72 bits per heavy atom. The van der Waals surface area contributed by atoms with Gasteiger partial charge in [0.05, 0.1) is 22.4 Å². The Morgan fingerprint density at radius 2 is 0.984 bits per heavy atom. The zero-order chi connectivity index (χ0) is 43.0. The highest BCUT2D eigenvalue weighted by atomic mass is 15.0. The fourth-order valence-electron chi connectivity index (χ4n) is 9.21. The van der Waals surface area contributed by atoms with Crippen LogP contribution in [0.15, 0.2) is 231 Å². The van der Waals surface area contributed by atoms with Crippen molar-refractivity contribution in [1.82, 2.24) is 14.5 Å². The molecule has 0 bridgehead atoms. The van der Waals surface area contributed by atoms with Crippen molar-refractivity contribution in [2.75, 3.05) is 0 Å². The highest BCUT2D eigenvalue weighted by Gasteiger charge is 2.19. The Bertz CT molecular complexity index is 3560. The van der Waals surface area contributed by atoms with Gasteiger partial charge in [0.1, 0.15) is 0 Å². The third kappa shape index (κ3) is 7.09. The number of rotatable bonds is 9. The highest BCUT2D eigenvalue weighted by molar-refractivity contribution is 6.10. The number of fused-ring (bicyclic) bond motifs is 4. The summed E-state index contributed by atoms with van der Waals surface area (Å²) < 4.78 is 2.42. The first-order chi connectivity index (χ1) is 31.6. The van der Waals surface area contributed by atoms with Gasteiger partial charge < -0.3 is 4.57 Å². The van der Waals surface area contributed by atoms with E-state index in [1.54, 1.807) is 0 Å². The van der Waals surface area contributed by atoms with Crippen LogP contribution >= 0.6 is 0 Å². The van der Waals surface area contributed by atoms with E-state index in [0.29, 0.717) is 5.82 Å². The minimum absolute atomic E-state index is 0.653. The SMILES string of the molecule is C=C/C=C\c1c(C)c(-c2cc(-c3nc(-c4ccccc4)cc(-c4cccc(-c5ccccc5)c4)n3)cc(-n3c4ccccc4c4ccc(-c5ccccc5)cc43)c2)cc2ccccc12. The molecule has 3 heteroatoms. The molecule has 302 valence electrons. The standard InChI is InChI=1S/C61H43N3/c1-3-4-28-52-41(2)56(38-47-25-14-15-29-53(47)52)49-35-50(37-51(36-49)64-59-31-17-16-30-54(59)55-33-32-46(39-60(55)64)43-21-10-6-11-22-43)61-62-57(44-23-12-7-13-24-44)40-58(63-61)48-27-18-26-45(34-48)42-19-8-5-9-20-42/h3-40H,1H2,2H3/b28-4-. The van der Waals surface area contributed by atoms with Gasteiger partial charge in [-0.25, -0.2) is 9.97 Å². The molecule has 11 rings (SSSR count). The summed E-state index contributed by atoms with van der Waals surface area (Å²) in [7, 11) is 0. The Kier molecular flexibility index (Phi) is 9.91. The summed E-state index contributed by atoms with van der Waals surface area (Å²) in [6, 6.07) is 75.8. The Morgan fingerprint density at radius 1 is 0.422 bits per heavy atom. The zero-order valence-corrected chi connectivity index (χ0v) is 35.5. The second-order valence-electron chi connectivity index (χ2n) is 16.3. The number of hydrogen-bond acceptors (Lipinski definition) is 2. The van der Waals surface area contributed by atoms with Crippen molar-refractivity contribution in [3.63, 3.8) is 0 Å². The average Bonchev–Trinajstić information content (AvgIpc) is 3.70. The number of aromatic nitrogens is 3. The Balaban J connectivity index is 1.20. The van der Waals surface area contributed by atoms with Gasteiger partial charge in [-0.1, -0.05) is 189 Å². The minimum atomic E-state index is 0.653. The second-order valence-corrected chi connectivity index (χ2v) is 16.3. The molecule has 3 nitrogen and oxygen atoms in total.